The van der Waals surface area contributed by atoms with Crippen molar-refractivity contribution in [1.82, 2.24) is 20.3 Å². The number of hydrogen-bond acceptors (Lipinski definition) is 10. The number of benzene rings is 3. The van der Waals surface area contributed by atoms with Gasteiger partial charge in [-0.25, -0.2) is 13.1 Å². The minimum Gasteiger partial charge on any atom is -0.460 e. The van der Waals surface area contributed by atoms with Crippen LogP contribution in [0.4, 0.5) is 0 Å². The molecule has 14 nitrogen and oxygen atoms in total. The van der Waals surface area contributed by atoms with Crippen molar-refractivity contribution in [2.45, 2.75) is 115 Å². The maximum atomic E-state index is 14.6. The molecule has 61 heavy (non-hydrogen) atoms. The van der Waals surface area contributed by atoms with E-state index in [0.717, 1.165) is 22.9 Å². The van der Waals surface area contributed by atoms with E-state index in [1.54, 1.807) is 45.0 Å². The molecule has 1 saturated heterocycles. The molecule has 4 rings (SSSR count). The van der Waals surface area contributed by atoms with E-state index < -0.39 is 63.7 Å². The van der Waals surface area contributed by atoms with Crippen molar-refractivity contribution in [2.24, 2.45) is 11.7 Å². The van der Waals surface area contributed by atoms with E-state index in [0.29, 0.717) is 37.3 Å². The molecule has 0 saturated carbocycles. The van der Waals surface area contributed by atoms with Gasteiger partial charge < -0.3 is 35.8 Å². The third-order valence-electron chi connectivity index (χ3n) is 10.3. The molecule has 0 aromatic heterocycles. The highest BCUT2D eigenvalue weighted by atomic mass is 35.5. The highest BCUT2D eigenvalue weighted by Crippen LogP contribution is 2.27. The zero-order valence-corrected chi connectivity index (χ0v) is 37.1. The number of likely N-dealkylation sites (tertiary alicyclic amines) is 1. The van der Waals surface area contributed by atoms with Crippen LogP contribution >= 0.6 is 11.6 Å². The molecular weight excluding hydrogens is 822 g/mol. The average Bonchev–Trinajstić information content (AvgIpc) is 3.64. The summed E-state index contributed by atoms with van der Waals surface area (Å²) >= 11 is 6.08. The van der Waals surface area contributed by atoms with Gasteiger partial charge in [0.05, 0.1) is 25.0 Å². The minimum atomic E-state index is -3.92. The Morgan fingerprint density at radius 1 is 0.902 bits per heavy atom. The SMILES string of the molecule is CC(C)(C)OC(=O)CCC(CCN)CC[C@@H](NS(C)(=O)=O)C(=O)N1C[C@H](OCc2ccc(Cl)cc2)C[C@H]1C(=O)N[C@@H](Cc1ccccc1)C(O)C(=O)NCCc1ccccc1. The number of sulfonamides is 1. The first kappa shape index (κ1) is 49.3. The monoisotopic (exact) mass is 883 g/mol. The third kappa shape index (κ3) is 17.5. The fourth-order valence-corrected chi connectivity index (χ4v) is 8.19. The van der Waals surface area contributed by atoms with Gasteiger partial charge in [0.2, 0.25) is 21.8 Å². The maximum Gasteiger partial charge on any atom is 0.306 e. The number of amides is 3. The molecule has 0 spiro atoms. The van der Waals surface area contributed by atoms with Crippen molar-refractivity contribution in [3.05, 3.63) is 107 Å². The predicted octanol–water partition coefficient (Wildman–Crippen LogP) is 4.06. The van der Waals surface area contributed by atoms with Gasteiger partial charge in [0, 0.05) is 31.0 Å². The van der Waals surface area contributed by atoms with Crippen LogP contribution in [-0.2, 0) is 58.1 Å². The first-order valence-corrected chi connectivity index (χ1v) is 23.1. The van der Waals surface area contributed by atoms with E-state index in [1.807, 2.05) is 60.7 Å². The van der Waals surface area contributed by atoms with Crippen LogP contribution in [0.3, 0.4) is 0 Å². The zero-order valence-electron chi connectivity index (χ0n) is 35.6. The zero-order chi connectivity index (χ0) is 44.6. The number of aliphatic hydroxyl groups excluding tert-OH is 1. The molecule has 0 radical (unpaired) electrons. The number of rotatable bonds is 23. The van der Waals surface area contributed by atoms with E-state index in [9.17, 15) is 32.7 Å². The average molecular weight is 885 g/mol. The molecule has 1 heterocycles. The molecule has 1 aliphatic rings. The van der Waals surface area contributed by atoms with E-state index in [2.05, 4.69) is 15.4 Å². The molecular formula is C45H62ClN5O9S. The Labute approximate surface area is 365 Å². The summed E-state index contributed by atoms with van der Waals surface area (Å²) in [7, 11) is -3.92. The number of aliphatic hydroxyl groups is 1. The number of esters is 1. The summed E-state index contributed by atoms with van der Waals surface area (Å²) in [5.41, 5.74) is 7.83. The van der Waals surface area contributed by atoms with Gasteiger partial charge in [-0.15, -0.1) is 0 Å². The second-order valence-electron chi connectivity index (χ2n) is 16.7. The van der Waals surface area contributed by atoms with Crippen LogP contribution in [0.2, 0.25) is 5.02 Å². The van der Waals surface area contributed by atoms with Crippen molar-refractivity contribution < 1.29 is 42.2 Å². The first-order valence-electron chi connectivity index (χ1n) is 20.8. The van der Waals surface area contributed by atoms with Gasteiger partial charge in [0.15, 0.2) is 6.10 Å². The number of halogens is 1. The Hall–Kier alpha value is -4.38. The second-order valence-corrected chi connectivity index (χ2v) is 18.9. The van der Waals surface area contributed by atoms with Gasteiger partial charge in [-0.2, -0.15) is 0 Å². The molecule has 334 valence electrons. The number of carbonyl (C=O) groups excluding carboxylic acids is 4. The lowest BCUT2D eigenvalue weighted by Gasteiger charge is -2.31. The summed E-state index contributed by atoms with van der Waals surface area (Å²) in [6.45, 7) is 6.04. The van der Waals surface area contributed by atoms with Crippen LogP contribution < -0.4 is 21.1 Å². The summed E-state index contributed by atoms with van der Waals surface area (Å²) in [6.07, 6.45) is 0.854. The fourth-order valence-electron chi connectivity index (χ4n) is 7.33. The van der Waals surface area contributed by atoms with E-state index >= 15 is 0 Å². The molecule has 2 unspecified atom stereocenters. The molecule has 6 N–H and O–H groups in total. The highest BCUT2D eigenvalue weighted by Gasteiger charge is 2.44. The van der Waals surface area contributed by atoms with Crippen molar-refractivity contribution >= 4 is 45.3 Å². The number of carbonyl (C=O) groups is 4. The van der Waals surface area contributed by atoms with Gasteiger partial charge in [-0.3, -0.25) is 19.2 Å². The number of ether oxygens (including phenoxy) is 2. The van der Waals surface area contributed by atoms with Crippen molar-refractivity contribution in [2.75, 3.05) is 25.9 Å². The molecule has 3 aromatic rings. The molecule has 16 heteroatoms. The minimum absolute atomic E-state index is 0.0385. The normalized spacial score (nSPS) is 17.5. The lowest BCUT2D eigenvalue weighted by atomic mass is 9.92. The van der Waals surface area contributed by atoms with Gasteiger partial charge in [-0.05, 0) is 101 Å². The summed E-state index contributed by atoms with van der Waals surface area (Å²) < 4.78 is 39.6. The molecule has 1 aliphatic heterocycles. The Bertz CT molecular complexity index is 1970. The Morgan fingerprint density at radius 3 is 2.15 bits per heavy atom. The largest absolute Gasteiger partial charge is 0.460 e. The predicted molar refractivity (Wildman–Crippen MR) is 235 cm³/mol. The lowest BCUT2D eigenvalue weighted by Crippen LogP contribution is -2.57. The van der Waals surface area contributed by atoms with Crippen LogP contribution in [0.5, 0.6) is 0 Å². The maximum absolute atomic E-state index is 14.6. The Morgan fingerprint density at radius 2 is 1.54 bits per heavy atom. The number of nitrogens with two attached hydrogens (primary N) is 1. The second kappa shape index (κ2) is 23.7. The molecule has 3 aromatic carbocycles. The topological polar surface area (TPSA) is 206 Å². The van der Waals surface area contributed by atoms with Crippen LogP contribution in [0, 0.1) is 5.92 Å². The van der Waals surface area contributed by atoms with Crippen molar-refractivity contribution in [1.29, 1.82) is 0 Å². The van der Waals surface area contributed by atoms with Crippen LogP contribution in [0.15, 0.2) is 84.9 Å². The first-order chi connectivity index (χ1) is 28.9. The molecule has 1 fully saturated rings. The van der Waals surface area contributed by atoms with E-state index in [1.165, 1.54) is 4.90 Å². The Balaban J connectivity index is 1.57. The van der Waals surface area contributed by atoms with Crippen molar-refractivity contribution in [3.8, 4) is 0 Å². The highest BCUT2D eigenvalue weighted by molar-refractivity contribution is 7.88. The summed E-state index contributed by atoms with van der Waals surface area (Å²) in [5, 5.41) is 17.6. The number of nitrogens with one attached hydrogen (secondary N) is 3. The quantitative estimate of drug-likeness (QED) is 0.0864. The lowest BCUT2D eigenvalue weighted by molar-refractivity contribution is -0.155. The van der Waals surface area contributed by atoms with Crippen LogP contribution in [0.1, 0.15) is 76.0 Å². The summed E-state index contributed by atoms with van der Waals surface area (Å²) in [5.74, 6) is -2.44. The third-order valence-corrected chi connectivity index (χ3v) is 11.3. The Kier molecular flexibility index (Phi) is 19.2. The standard InChI is InChI=1S/C45H62ClN5O9S/c1-45(2,3)60-40(52)22-18-32(23-25-47)17-21-37(50-61(4,57)58)44(56)51-29-36(59-30-34-15-19-35(46)20-16-34)28-39(51)42(54)49-38(27-33-13-9-6-10-14-33)41(53)43(55)48-26-24-31-11-7-5-8-12-31/h5-16,19-20,32,36-39,41,50,53H,17-18,21-30,47H2,1-4H3,(H,48,55)(H,49,54)/t32?,36-,37-,38+,39+,41?/m1/s1. The fraction of sp³-hybridized carbons (Fsp3) is 0.511. The van der Waals surface area contributed by atoms with Gasteiger partial charge in [0.1, 0.15) is 17.7 Å². The molecule has 0 bridgehead atoms. The van der Waals surface area contributed by atoms with Gasteiger partial charge in [0.25, 0.3) is 5.91 Å². The molecule has 6 atom stereocenters. The van der Waals surface area contributed by atoms with E-state index in [-0.39, 0.29) is 57.3 Å². The van der Waals surface area contributed by atoms with Crippen LogP contribution in [-0.4, -0.2) is 104 Å². The van der Waals surface area contributed by atoms with Gasteiger partial charge in [-0.1, -0.05) is 84.4 Å². The molecule has 0 aliphatic carbocycles. The van der Waals surface area contributed by atoms with Crippen LogP contribution in [0.25, 0.3) is 0 Å². The van der Waals surface area contributed by atoms with Crippen molar-refractivity contribution in [3.63, 3.8) is 0 Å². The van der Waals surface area contributed by atoms with Gasteiger partial charge >= 0.3 is 5.97 Å². The number of hydrogen-bond donors (Lipinski definition) is 5. The molecule has 3 amide bonds. The number of nitrogens with zero attached hydrogens (tertiary/aromatic N) is 1. The summed E-state index contributed by atoms with van der Waals surface area (Å²) in [6, 6.07) is 22.2. The van der Waals surface area contributed by atoms with E-state index in [4.69, 9.17) is 26.8 Å². The summed E-state index contributed by atoms with van der Waals surface area (Å²) in [4.78, 5) is 56.2. The smallest absolute Gasteiger partial charge is 0.306 e.